The molecule has 9 heavy (non-hydrogen) atoms. The molecule has 0 aromatic heterocycles. The van der Waals surface area contributed by atoms with Gasteiger partial charge in [-0.3, -0.25) is 0 Å². The lowest BCUT2D eigenvalue weighted by atomic mass is 9.85. The van der Waals surface area contributed by atoms with Crippen LogP contribution in [-0.2, 0) is 0 Å². The van der Waals surface area contributed by atoms with Crippen molar-refractivity contribution in [1.82, 2.24) is 0 Å². The average molecular weight is 123 g/mol. The topological polar surface area (TPSA) is 0 Å². The first kappa shape index (κ1) is 6.85. The van der Waals surface area contributed by atoms with Gasteiger partial charge in [0.2, 0.25) is 0 Å². The van der Waals surface area contributed by atoms with E-state index in [0.29, 0.717) is 0 Å². The first-order chi connectivity index (χ1) is 4.30. The van der Waals surface area contributed by atoms with E-state index in [1.54, 1.807) is 0 Å². The standard InChI is InChI=1S/C9H15/c1-8(2)9-6-4-3-5-7-9/h9H,1-7H2. The van der Waals surface area contributed by atoms with E-state index in [-0.39, 0.29) is 0 Å². The van der Waals surface area contributed by atoms with Gasteiger partial charge < -0.3 is 0 Å². The average Bonchev–Trinajstić information content (AvgIpc) is 1.90. The molecule has 0 nitrogen and oxygen atoms in total. The largest absolute Gasteiger partial charge is 0.0996 e. The van der Waals surface area contributed by atoms with E-state index in [0.717, 1.165) is 11.5 Å². The summed E-state index contributed by atoms with van der Waals surface area (Å²) in [4.78, 5) is 0. The third kappa shape index (κ3) is 1.85. The molecule has 1 saturated carbocycles. The molecule has 0 atom stereocenters. The zero-order chi connectivity index (χ0) is 6.69. The first-order valence-corrected chi connectivity index (χ1v) is 3.81. The Morgan fingerprint density at radius 1 is 1.11 bits per heavy atom. The van der Waals surface area contributed by atoms with Crippen LogP contribution >= 0.6 is 0 Å². The van der Waals surface area contributed by atoms with E-state index in [1.165, 1.54) is 32.1 Å². The van der Waals surface area contributed by atoms with Crippen molar-refractivity contribution in [2.45, 2.75) is 32.1 Å². The molecule has 0 spiro atoms. The van der Waals surface area contributed by atoms with E-state index < -0.39 is 0 Å². The van der Waals surface area contributed by atoms with Crippen molar-refractivity contribution in [2.75, 3.05) is 0 Å². The van der Waals surface area contributed by atoms with Crippen LogP contribution in [0.2, 0.25) is 0 Å². The van der Waals surface area contributed by atoms with Crippen molar-refractivity contribution >= 4 is 0 Å². The van der Waals surface area contributed by atoms with E-state index >= 15 is 0 Å². The van der Waals surface area contributed by atoms with E-state index in [9.17, 15) is 0 Å². The summed E-state index contributed by atoms with van der Waals surface area (Å²) in [7, 11) is 0. The molecule has 1 aliphatic rings. The number of rotatable bonds is 1. The fraction of sp³-hybridized carbons (Fsp3) is 0.667. The lowest BCUT2D eigenvalue weighted by Gasteiger charge is -2.21. The van der Waals surface area contributed by atoms with Crippen molar-refractivity contribution in [3.63, 3.8) is 0 Å². The second-order valence-electron chi connectivity index (χ2n) is 2.99. The minimum Gasteiger partial charge on any atom is -0.0996 e. The summed E-state index contributed by atoms with van der Waals surface area (Å²) in [5.41, 5.74) is 1.15. The molecule has 51 valence electrons. The molecule has 1 aliphatic carbocycles. The van der Waals surface area contributed by atoms with Gasteiger partial charge in [0.1, 0.15) is 0 Å². The van der Waals surface area contributed by atoms with Gasteiger partial charge in [0.05, 0.1) is 0 Å². The van der Waals surface area contributed by atoms with Crippen LogP contribution in [0.4, 0.5) is 0 Å². The predicted molar refractivity (Wildman–Crippen MR) is 41.1 cm³/mol. The lowest BCUT2D eigenvalue weighted by molar-refractivity contribution is 0.408. The number of allylic oxidation sites excluding steroid dienone is 1. The summed E-state index contributed by atoms with van der Waals surface area (Å²) in [6.45, 7) is 7.74. The Morgan fingerprint density at radius 2 is 1.67 bits per heavy atom. The molecule has 0 unspecified atom stereocenters. The normalized spacial score (nSPS) is 21.9. The van der Waals surface area contributed by atoms with Crippen LogP contribution in [0.15, 0.2) is 12.2 Å². The van der Waals surface area contributed by atoms with Gasteiger partial charge in [-0.15, -0.1) is 0 Å². The van der Waals surface area contributed by atoms with Crippen LogP contribution in [0.1, 0.15) is 32.1 Å². The summed E-state index contributed by atoms with van der Waals surface area (Å²) < 4.78 is 0. The zero-order valence-electron chi connectivity index (χ0n) is 6.03. The van der Waals surface area contributed by atoms with Gasteiger partial charge in [-0.1, -0.05) is 31.4 Å². The Balaban J connectivity index is 2.31. The molecular formula is C9H15. The lowest BCUT2D eigenvalue weighted by Crippen LogP contribution is -2.06. The van der Waals surface area contributed by atoms with Crippen LogP contribution in [0.3, 0.4) is 0 Å². The summed E-state index contributed by atoms with van der Waals surface area (Å²) in [5.74, 6) is 0.749. The van der Waals surface area contributed by atoms with Crippen LogP contribution in [0.25, 0.3) is 0 Å². The summed E-state index contributed by atoms with van der Waals surface area (Å²) in [5, 5.41) is 0. The third-order valence-electron chi connectivity index (χ3n) is 2.18. The van der Waals surface area contributed by atoms with Crippen molar-refractivity contribution in [1.29, 1.82) is 0 Å². The Morgan fingerprint density at radius 3 is 2.00 bits per heavy atom. The fourth-order valence-electron chi connectivity index (χ4n) is 1.51. The molecule has 1 fully saturated rings. The summed E-state index contributed by atoms with van der Waals surface area (Å²) in [6.07, 6.45) is 6.87. The SMILES string of the molecule is [CH2]C(=C)C1CCCCC1. The highest BCUT2D eigenvalue weighted by Gasteiger charge is 2.12. The second kappa shape index (κ2) is 3.05. The quantitative estimate of drug-likeness (QED) is 0.503. The van der Waals surface area contributed by atoms with Crippen LogP contribution in [0.5, 0.6) is 0 Å². The highest BCUT2D eigenvalue weighted by Crippen LogP contribution is 2.27. The number of hydrogen-bond acceptors (Lipinski definition) is 0. The monoisotopic (exact) mass is 123 g/mol. The zero-order valence-corrected chi connectivity index (χ0v) is 6.03. The molecule has 0 aliphatic heterocycles. The van der Waals surface area contributed by atoms with Crippen LogP contribution in [-0.4, -0.2) is 0 Å². The van der Waals surface area contributed by atoms with Gasteiger partial charge in [-0.05, 0) is 25.7 Å². The van der Waals surface area contributed by atoms with E-state index in [1.807, 2.05) is 0 Å². The maximum atomic E-state index is 3.87. The van der Waals surface area contributed by atoms with Gasteiger partial charge in [0, 0.05) is 0 Å². The van der Waals surface area contributed by atoms with Gasteiger partial charge in [-0.2, -0.15) is 0 Å². The molecule has 0 aromatic rings. The fourth-order valence-corrected chi connectivity index (χ4v) is 1.51. The maximum Gasteiger partial charge on any atom is -0.0206 e. The Hall–Kier alpha value is -0.260. The highest BCUT2D eigenvalue weighted by atomic mass is 14.2. The van der Waals surface area contributed by atoms with Gasteiger partial charge >= 0.3 is 0 Å². The minimum atomic E-state index is 0.749. The van der Waals surface area contributed by atoms with Crippen LogP contribution in [0, 0.1) is 12.8 Å². The smallest absolute Gasteiger partial charge is 0.0206 e. The number of hydrogen-bond donors (Lipinski definition) is 0. The van der Waals surface area contributed by atoms with E-state index in [4.69, 9.17) is 0 Å². The van der Waals surface area contributed by atoms with Gasteiger partial charge in [0.15, 0.2) is 0 Å². The molecule has 0 heterocycles. The van der Waals surface area contributed by atoms with Gasteiger partial charge in [0.25, 0.3) is 0 Å². The molecule has 0 saturated heterocycles. The van der Waals surface area contributed by atoms with Crippen molar-refractivity contribution in [3.05, 3.63) is 19.1 Å². The molecule has 0 aromatic carbocycles. The van der Waals surface area contributed by atoms with Crippen LogP contribution < -0.4 is 0 Å². The maximum absolute atomic E-state index is 3.87. The Labute approximate surface area is 58.0 Å². The highest BCUT2D eigenvalue weighted by molar-refractivity contribution is 5.04. The van der Waals surface area contributed by atoms with Crippen molar-refractivity contribution in [2.24, 2.45) is 5.92 Å². The predicted octanol–water partition coefficient (Wildman–Crippen LogP) is 2.96. The summed E-state index contributed by atoms with van der Waals surface area (Å²) >= 11 is 0. The summed E-state index contributed by atoms with van der Waals surface area (Å²) in [6, 6.07) is 0. The molecule has 0 bridgehead atoms. The second-order valence-corrected chi connectivity index (χ2v) is 2.99. The first-order valence-electron chi connectivity index (χ1n) is 3.81. The molecule has 0 heteroatoms. The van der Waals surface area contributed by atoms with Crippen molar-refractivity contribution in [3.8, 4) is 0 Å². The van der Waals surface area contributed by atoms with Crippen molar-refractivity contribution < 1.29 is 0 Å². The molecule has 0 N–H and O–H groups in total. The molecule has 1 rings (SSSR count). The molecular weight excluding hydrogens is 108 g/mol. The minimum absolute atomic E-state index is 0.749. The van der Waals surface area contributed by atoms with Gasteiger partial charge in [-0.25, -0.2) is 0 Å². The third-order valence-corrected chi connectivity index (χ3v) is 2.18. The Kier molecular flexibility index (Phi) is 2.32. The molecule has 0 amide bonds. The molecule has 1 radical (unpaired) electrons. The van der Waals surface area contributed by atoms with E-state index in [2.05, 4.69) is 13.5 Å². The Bertz CT molecular complexity index is 96.6.